The van der Waals surface area contributed by atoms with Crippen LogP contribution >= 0.6 is 6.26 Å². The number of hydrogen-bond acceptors (Lipinski definition) is 2. The predicted octanol–water partition coefficient (Wildman–Crippen LogP) is 5.41. The van der Waals surface area contributed by atoms with Gasteiger partial charge < -0.3 is 4.52 Å². The van der Waals surface area contributed by atoms with Gasteiger partial charge in [0.2, 0.25) is 0 Å². The Bertz CT molecular complexity index is 569. The largest absolute Gasteiger partial charge is 0.339 e. The van der Waals surface area contributed by atoms with Crippen molar-refractivity contribution < 1.29 is 4.52 Å². The Labute approximate surface area is 146 Å². The molecule has 2 aromatic rings. The van der Waals surface area contributed by atoms with Crippen molar-refractivity contribution in [3.8, 4) is 0 Å². The molecule has 0 radical (unpaired) electrons. The van der Waals surface area contributed by atoms with Crippen LogP contribution in [0.15, 0.2) is 60.7 Å². The van der Waals surface area contributed by atoms with E-state index in [1.54, 1.807) is 0 Å². The summed E-state index contributed by atoms with van der Waals surface area (Å²) in [5, 5.41) is 2.28. The van der Waals surface area contributed by atoms with Gasteiger partial charge in [-0.1, -0.05) is 105 Å². The van der Waals surface area contributed by atoms with Crippen molar-refractivity contribution in [3.63, 3.8) is 0 Å². The van der Waals surface area contributed by atoms with Crippen LogP contribution in [-0.2, 0) is 16.3 Å². The molecular formula is C20H27OPS. The molecule has 0 aromatic heterocycles. The van der Waals surface area contributed by atoms with Gasteiger partial charge in [0.1, 0.15) is 6.26 Å². The van der Waals surface area contributed by atoms with Gasteiger partial charge >= 0.3 is 0 Å². The van der Waals surface area contributed by atoms with Crippen molar-refractivity contribution in [1.82, 2.24) is 0 Å². The first-order valence-corrected chi connectivity index (χ1v) is 11.3. The molecule has 0 bridgehead atoms. The van der Waals surface area contributed by atoms with Crippen LogP contribution in [0.5, 0.6) is 0 Å². The molecule has 124 valence electrons. The zero-order valence-corrected chi connectivity index (χ0v) is 15.9. The molecule has 0 heterocycles. The highest BCUT2D eigenvalue weighted by Crippen LogP contribution is 2.46. The fourth-order valence-electron chi connectivity index (χ4n) is 2.68. The normalized spacial score (nSPS) is 13.0. The second kappa shape index (κ2) is 9.37. The highest BCUT2D eigenvalue weighted by Gasteiger charge is 2.25. The summed E-state index contributed by atoms with van der Waals surface area (Å²) >= 11 is 6.10. The van der Waals surface area contributed by atoms with Gasteiger partial charge in [-0.2, -0.15) is 0 Å². The molecule has 1 unspecified atom stereocenters. The summed E-state index contributed by atoms with van der Waals surface area (Å²) in [6, 6.07) is 20.7. The fraction of sp³-hybridized carbons (Fsp3) is 0.400. The Hall–Kier alpha value is -0.950. The molecular weight excluding hydrogens is 319 g/mol. The maximum Gasteiger partial charge on any atom is 0.123 e. The van der Waals surface area contributed by atoms with Crippen molar-refractivity contribution in [2.24, 2.45) is 0 Å². The van der Waals surface area contributed by atoms with Gasteiger partial charge in [-0.25, -0.2) is 0 Å². The van der Waals surface area contributed by atoms with E-state index in [0.717, 1.165) is 17.0 Å². The summed E-state index contributed by atoms with van der Waals surface area (Å²) in [6.07, 6.45) is 4.14. The smallest absolute Gasteiger partial charge is 0.123 e. The molecule has 0 aliphatic heterocycles. The van der Waals surface area contributed by atoms with Gasteiger partial charge in [-0.15, -0.1) is 0 Å². The number of unbranched alkanes of at least 4 members (excludes halogenated alkanes) is 3. The molecule has 0 aliphatic rings. The molecule has 2 aromatic carbocycles. The highest BCUT2D eigenvalue weighted by molar-refractivity contribution is 8.19. The van der Waals surface area contributed by atoms with E-state index in [4.69, 9.17) is 16.3 Å². The Kier molecular flexibility index (Phi) is 7.49. The van der Waals surface area contributed by atoms with E-state index in [-0.39, 0.29) is 6.10 Å². The summed E-state index contributed by atoms with van der Waals surface area (Å²) in [5.41, 5.74) is 0. The first-order valence-electron chi connectivity index (χ1n) is 8.56. The fourth-order valence-corrected chi connectivity index (χ4v) is 6.14. The second-order valence-electron chi connectivity index (χ2n) is 5.99. The van der Waals surface area contributed by atoms with Crippen LogP contribution in [0.25, 0.3) is 0 Å². The minimum atomic E-state index is -2.20. The monoisotopic (exact) mass is 346 g/mol. The first-order chi connectivity index (χ1) is 11.2. The molecule has 0 N–H and O–H groups in total. The van der Waals surface area contributed by atoms with Crippen LogP contribution in [0.1, 0.15) is 46.0 Å². The van der Waals surface area contributed by atoms with E-state index in [1.165, 1.54) is 25.7 Å². The third kappa shape index (κ3) is 5.28. The molecule has 1 nitrogen and oxygen atoms in total. The van der Waals surface area contributed by atoms with Gasteiger partial charge in [-0.05, 0) is 13.3 Å². The molecule has 0 saturated carbocycles. The summed E-state index contributed by atoms with van der Waals surface area (Å²) in [4.78, 5) is 0. The summed E-state index contributed by atoms with van der Waals surface area (Å²) in [5.74, 6) is 0. The van der Waals surface area contributed by atoms with Crippen molar-refractivity contribution >= 4 is 28.7 Å². The Morgan fingerprint density at radius 1 is 0.870 bits per heavy atom. The van der Waals surface area contributed by atoms with Gasteiger partial charge in [0.15, 0.2) is 0 Å². The third-order valence-electron chi connectivity index (χ3n) is 3.98. The SMILES string of the molecule is CCCCCCC(C)OP(=S)(c1ccccc1)c1ccccc1. The van der Waals surface area contributed by atoms with Crippen LogP contribution in [-0.4, -0.2) is 6.10 Å². The summed E-state index contributed by atoms with van der Waals surface area (Å²) < 4.78 is 6.52. The van der Waals surface area contributed by atoms with Crippen LogP contribution in [0.2, 0.25) is 0 Å². The zero-order valence-electron chi connectivity index (χ0n) is 14.2. The second-order valence-corrected chi connectivity index (χ2v) is 9.88. The quantitative estimate of drug-likeness (QED) is 0.444. The van der Waals surface area contributed by atoms with Crippen LogP contribution in [0.3, 0.4) is 0 Å². The van der Waals surface area contributed by atoms with E-state index in [0.29, 0.717) is 0 Å². The standard InChI is InChI=1S/C20H27OPS/c1-3-4-5-8-13-18(2)21-22(23,19-14-9-6-10-15-19)20-16-11-7-12-17-20/h6-7,9-12,14-18H,3-5,8,13H2,1-2H3. The lowest BCUT2D eigenvalue weighted by Gasteiger charge is -2.27. The average Bonchev–Trinajstić information content (AvgIpc) is 2.60. The van der Waals surface area contributed by atoms with Crippen LogP contribution < -0.4 is 10.6 Å². The zero-order chi connectivity index (χ0) is 16.5. The lowest BCUT2D eigenvalue weighted by Crippen LogP contribution is -2.21. The van der Waals surface area contributed by atoms with E-state index in [9.17, 15) is 0 Å². The lowest BCUT2D eigenvalue weighted by molar-refractivity contribution is 0.234. The number of hydrogen-bond donors (Lipinski definition) is 0. The molecule has 0 spiro atoms. The third-order valence-corrected chi connectivity index (χ3v) is 8.12. The summed E-state index contributed by atoms with van der Waals surface area (Å²) in [7, 11) is 0. The van der Waals surface area contributed by atoms with Crippen molar-refractivity contribution in [2.75, 3.05) is 0 Å². The van der Waals surface area contributed by atoms with Crippen molar-refractivity contribution in [3.05, 3.63) is 60.7 Å². The maximum atomic E-state index is 6.52. The Morgan fingerprint density at radius 3 is 1.87 bits per heavy atom. The predicted molar refractivity (Wildman–Crippen MR) is 106 cm³/mol. The van der Waals surface area contributed by atoms with Gasteiger partial charge in [-0.3, -0.25) is 0 Å². The topological polar surface area (TPSA) is 9.23 Å². The molecule has 0 amide bonds. The van der Waals surface area contributed by atoms with Crippen molar-refractivity contribution in [2.45, 2.75) is 52.1 Å². The minimum absolute atomic E-state index is 0.193. The minimum Gasteiger partial charge on any atom is -0.339 e. The Morgan fingerprint density at radius 2 is 1.39 bits per heavy atom. The molecule has 0 saturated heterocycles. The Balaban J connectivity index is 2.17. The average molecular weight is 346 g/mol. The molecule has 3 heteroatoms. The maximum absolute atomic E-state index is 6.52. The van der Waals surface area contributed by atoms with Gasteiger partial charge in [0.05, 0.1) is 6.10 Å². The molecule has 0 aliphatic carbocycles. The molecule has 2 rings (SSSR count). The van der Waals surface area contributed by atoms with Crippen molar-refractivity contribution in [1.29, 1.82) is 0 Å². The van der Waals surface area contributed by atoms with Crippen LogP contribution in [0, 0.1) is 0 Å². The van der Waals surface area contributed by atoms with E-state index >= 15 is 0 Å². The lowest BCUT2D eigenvalue weighted by atomic mass is 10.1. The summed E-state index contributed by atoms with van der Waals surface area (Å²) in [6.45, 7) is 4.41. The number of benzene rings is 2. The molecule has 1 atom stereocenters. The first kappa shape index (κ1) is 18.4. The van der Waals surface area contributed by atoms with E-state index < -0.39 is 6.26 Å². The van der Waals surface area contributed by atoms with Crippen LogP contribution in [0.4, 0.5) is 0 Å². The number of rotatable bonds is 9. The van der Waals surface area contributed by atoms with E-state index in [1.807, 2.05) is 12.1 Å². The van der Waals surface area contributed by atoms with Gasteiger partial charge in [0.25, 0.3) is 0 Å². The molecule has 23 heavy (non-hydrogen) atoms. The van der Waals surface area contributed by atoms with E-state index in [2.05, 4.69) is 62.4 Å². The highest BCUT2D eigenvalue weighted by atomic mass is 32.4. The van der Waals surface area contributed by atoms with Gasteiger partial charge in [0, 0.05) is 10.6 Å². The molecule has 0 fully saturated rings.